The molecular weight excluding hydrogens is 292 g/mol. The van der Waals surface area contributed by atoms with Crippen LogP contribution in [-0.4, -0.2) is 17.8 Å². The van der Waals surface area contributed by atoms with Crippen LogP contribution in [0.5, 0.6) is 0 Å². The molecule has 0 aliphatic carbocycles. The predicted octanol–water partition coefficient (Wildman–Crippen LogP) is 4.26. The Bertz CT molecular complexity index is 585. The molecule has 0 bridgehead atoms. The number of anilines is 1. The number of rotatable bonds is 3. The number of nitrogens with one attached hydrogen (secondary N) is 1. The number of aliphatic imine (C=N–C) groups is 1. The minimum Gasteiger partial charge on any atom is -0.444 e. The minimum atomic E-state index is -0.829. The van der Waals surface area contributed by atoms with Crippen LogP contribution in [0.1, 0.15) is 40.2 Å². The number of nitrogens with zero attached hydrogens (tertiary/aromatic N) is 1. The Balaban J connectivity index is 3.03. The average Bonchev–Trinajstić information content (AvgIpc) is 2.28. The number of amides is 1. The first-order valence-corrected chi connectivity index (χ1v) is 6.82. The third kappa shape index (κ3) is 5.21. The van der Waals surface area contributed by atoms with Gasteiger partial charge >= 0.3 is 6.09 Å². The molecule has 1 aromatic carbocycles. The summed E-state index contributed by atoms with van der Waals surface area (Å²) in [6.07, 6.45) is 0.967. The van der Waals surface area contributed by atoms with Gasteiger partial charge in [0.1, 0.15) is 5.60 Å². The van der Waals surface area contributed by atoms with Crippen molar-refractivity contribution in [2.45, 2.75) is 45.8 Å². The standard InChI is InChI=1S/C15H19ClN2O3/c1-14(2,3)21-13(20)18-10-6-7-12(16)11(8-10)15(4,5)17-9-19/h6-8H,1-5H3,(H,18,20). The molecule has 1 N–H and O–H groups in total. The molecule has 114 valence electrons. The SMILES string of the molecule is CC(C)(C)OC(=O)Nc1ccc(Cl)c(C(C)(C)N=C=O)c1. The second-order valence-corrected chi connectivity index (χ2v) is 6.49. The van der Waals surface area contributed by atoms with E-state index < -0.39 is 17.2 Å². The van der Waals surface area contributed by atoms with E-state index in [1.54, 1.807) is 52.8 Å². The van der Waals surface area contributed by atoms with Gasteiger partial charge in [0, 0.05) is 16.3 Å². The van der Waals surface area contributed by atoms with Gasteiger partial charge in [0.2, 0.25) is 6.08 Å². The van der Waals surface area contributed by atoms with Gasteiger partial charge in [-0.15, -0.1) is 0 Å². The molecule has 0 saturated carbocycles. The fraction of sp³-hybridized carbons (Fsp3) is 0.467. The van der Waals surface area contributed by atoms with Gasteiger partial charge in [0.25, 0.3) is 0 Å². The molecule has 0 fully saturated rings. The lowest BCUT2D eigenvalue weighted by molar-refractivity contribution is 0.0636. The van der Waals surface area contributed by atoms with Crippen molar-refractivity contribution in [1.29, 1.82) is 0 Å². The van der Waals surface area contributed by atoms with E-state index in [2.05, 4.69) is 10.3 Å². The molecule has 0 radical (unpaired) electrons. The Hall–Kier alpha value is -1.84. The molecule has 1 rings (SSSR count). The van der Waals surface area contributed by atoms with E-state index in [9.17, 15) is 9.59 Å². The number of carbonyl (C=O) groups is 1. The molecule has 1 aromatic rings. The Kier molecular flexibility index (Phi) is 5.15. The number of halogens is 1. The highest BCUT2D eigenvalue weighted by Gasteiger charge is 2.23. The van der Waals surface area contributed by atoms with Gasteiger partial charge in [0.05, 0.1) is 5.54 Å². The normalized spacial score (nSPS) is 11.5. The quantitative estimate of drug-likeness (QED) is 0.670. The van der Waals surface area contributed by atoms with Gasteiger partial charge in [-0.2, -0.15) is 4.99 Å². The minimum absolute atomic E-state index is 0.453. The fourth-order valence-corrected chi connectivity index (χ4v) is 2.02. The van der Waals surface area contributed by atoms with Crippen LogP contribution in [0.25, 0.3) is 0 Å². The summed E-state index contributed by atoms with van der Waals surface area (Å²) in [5.41, 5.74) is -0.288. The number of isocyanates is 1. The largest absolute Gasteiger partial charge is 0.444 e. The average molecular weight is 311 g/mol. The highest BCUT2D eigenvalue weighted by atomic mass is 35.5. The van der Waals surface area contributed by atoms with E-state index in [0.29, 0.717) is 16.3 Å². The molecule has 6 heteroatoms. The third-order valence-corrected chi connectivity index (χ3v) is 2.93. The number of hydrogen-bond acceptors (Lipinski definition) is 4. The zero-order valence-electron chi connectivity index (χ0n) is 12.8. The first-order chi connectivity index (χ1) is 9.55. The zero-order chi connectivity index (χ0) is 16.3. The summed E-state index contributed by atoms with van der Waals surface area (Å²) < 4.78 is 5.18. The molecule has 21 heavy (non-hydrogen) atoms. The van der Waals surface area contributed by atoms with Crippen LogP contribution in [-0.2, 0) is 15.1 Å². The topological polar surface area (TPSA) is 67.8 Å². The highest BCUT2D eigenvalue weighted by Crippen LogP contribution is 2.33. The van der Waals surface area contributed by atoms with Crippen LogP contribution in [0.2, 0.25) is 5.02 Å². The summed E-state index contributed by atoms with van der Waals surface area (Å²) in [6.45, 7) is 8.80. The van der Waals surface area contributed by atoms with E-state index in [4.69, 9.17) is 16.3 Å². The Morgan fingerprint density at radius 3 is 2.43 bits per heavy atom. The van der Waals surface area contributed by atoms with Gasteiger partial charge in [-0.05, 0) is 52.8 Å². The number of benzene rings is 1. The Morgan fingerprint density at radius 1 is 1.29 bits per heavy atom. The van der Waals surface area contributed by atoms with E-state index in [0.717, 1.165) is 0 Å². The van der Waals surface area contributed by atoms with Gasteiger partial charge in [-0.3, -0.25) is 5.32 Å². The van der Waals surface area contributed by atoms with Gasteiger partial charge in [-0.1, -0.05) is 11.6 Å². The summed E-state index contributed by atoms with van der Waals surface area (Å²) in [5, 5.41) is 3.07. The van der Waals surface area contributed by atoms with Crippen LogP contribution in [0.15, 0.2) is 23.2 Å². The molecule has 0 atom stereocenters. The third-order valence-electron chi connectivity index (χ3n) is 2.60. The Morgan fingerprint density at radius 2 is 1.90 bits per heavy atom. The van der Waals surface area contributed by atoms with Crippen molar-refractivity contribution in [3.63, 3.8) is 0 Å². The maximum atomic E-state index is 11.7. The molecule has 0 spiro atoms. The molecule has 0 unspecified atom stereocenters. The zero-order valence-corrected chi connectivity index (χ0v) is 13.5. The predicted molar refractivity (Wildman–Crippen MR) is 82.5 cm³/mol. The smallest absolute Gasteiger partial charge is 0.412 e. The van der Waals surface area contributed by atoms with Crippen LogP contribution < -0.4 is 5.32 Å². The number of carbonyl (C=O) groups excluding carboxylic acids is 2. The molecule has 0 aliphatic rings. The first kappa shape index (κ1) is 17.2. The van der Waals surface area contributed by atoms with Crippen molar-refractivity contribution >= 4 is 29.5 Å². The second-order valence-electron chi connectivity index (χ2n) is 6.08. The summed E-state index contributed by atoms with van der Waals surface area (Å²) in [6, 6.07) is 4.94. The summed E-state index contributed by atoms with van der Waals surface area (Å²) in [5.74, 6) is 0. The van der Waals surface area contributed by atoms with Gasteiger partial charge in [0.15, 0.2) is 0 Å². The lowest BCUT2D eigenvalue weighted by Gasteiger charge is -2.22. The molecule has 0 saturated heterocycles. The van der Waals surface area contributed by atoms with E-state index in [1.165, 1.54) is 6.08 Å². The first-order valence-electron chi connectivity index (χ1n) is 6.44. The summed E-state index contributed by atoms with van der Waals surface area (Å²) in [7, 11) is 0. The summed E-state index contributed by atoms with van der Waals surface area (Å²) in [4.78, 5) is 26.0. The van der Waals surface area contributed by atoms with Crippen molar-refractivity contribution in [3.8, 4) is 0 Å². The second kappa shape index (κ2) is 6.29. The van der Waals surface area contributed by atoms with Gasteiger partial charge < -0.3 is 4.74 Å². The van der Waals surface area contributed by atoms with Crippen molar-refractivity contribution in [3.05, 3.63) is 28.8 Å². The van der Waals surface area contributed by atoms with E-state index in [1.807, 2.05) is 0 Å². The van der Waals surface area contributed by atoms with Gasteiger partial charge in [-0.25, -0.2) is 9.59 Å². The summed E-state index contributed by atoms with van der Waals surface area (Å²) >= 11 is 6.13. The van der Waals surface area contributed by atoms with Crippen LogP contribution in [0.4, 0.5) is 10.5 Å². The fourth-order valence-electron chi connectivity index (χ4n) is 1.67. The van der Waals surface area contributed by atoms with Crippen molar-refractivity contribution in [2.24, 2.45) is 4.99 Å². The van der Waals surface area contributed by atoms with E-state index in [-0.39, 0.29) is 0 Å². The van der Waals surface area contributed by atoms with Crippen LogP contribution in [0, 0.1) is 0 Å². The van der Waals surface area contributed by atoms with Crippen molar-refractivity contribution in [2.75, 3.05) is 5.32 Å². The molecule has 0 aromatic heterocycles. The maximum Gasteiger partial charge on any atom is 0.412 e. The van der Waals surface area contributed by atoms with E-state index >= 15 is 0 Å². The van der Waals surface area contributed by atoms with Crippen LogP contribution in [0.3, 0.4) is 0 Å². The number of ether oxygens (including phenoxy) is 1. The lowest BCUT2D eigenvalue weighted by Crippen LogP contribution is -2.27. The maximum absolute atomic E-state index is 11.7. The molecule has 0 heterocycles. The highest BCUT2D eigenvalue weighted by molar-refractivity contribution is 6.31. The molecular formula is C15H19ClN2O3. The monoisotopic (exact) mass is 310 g/mol. The van der Waals surface area contributed by atoms with Crippen molar-refractivity contribution in [1.82, 2.24) is 0 Å². The molecule has 5 nitrogen and oxygen atoms in total. The van der Waals surface area contributed by atoms with Crippen LogP contribution >= 0.6 is 11.6 Å². The molecule has 1 amide bonds. The number of hydrogen-bond donors (Lipinski definition) is 1. The van der Waals surface area contributed by atoms with Crippen molar-refractivity contribution < 1.29 is 14.3 Å². The molecule has 0 aliphatic heterocycles. The Labute approximate surface area is 129 Å². The lowest BCUT2D eigenvalue weighted by atomic mass is 9.94.